The normalized spacial score (nSPS) is 26.0. The number of benzene rings is 1. The predicted molar refractivity (Wildman–Crippen MR) is 90.6 cm³/mol. The molecule has 1 amide bonds. The lowest BCUT2D eigenvalue weighted by atomic mass is 9.94. The third-order valence-electron chi connectivity index (χ3n) is 5.77. The van der Waals surface area contributed by atoms with E-state index in [1.807, 2.05) is 35.8 Å². The standard InChI is InChI=1S/C19H22N2O3/c1-12-9-13-5-2-3-8-16(13)20(12)11-17(22)21-10-14-6-4-7-15(14)18(21)19(23)24/h2-3,5,8-9,14-15,18H,4,6-7,10-11H2,1H3,(H,23,24). The molecule has 4 rings (SSSR count). The number of carboxylic acid groups (broad SMARTS) is 1. The first-order valence-electron chi connectivity index (χ1n) is 8.63. The molecule has 1 aromatic heterocycles. The van der Waals surface area contributed by atoms with Crippen LogP contribution in [-0.2, 0) is 16.1 Å². The first-order valence-corrected chi connectivity index (χ1v) is 8.63. The molecule has 2 fully saturated rings. The van der Waals surface area contributed by atoms with Gasteiger partial charge in [0, 0.05) is 17.8 Å². The van der Waals surface area contributed by atoms with Crippen molar-refractivity contribution in [2.24, 2.45) is 11.8 Å². The third-order valence-corrected chi connectivity index (χ3v) is 5.77. The van der Waals surface area contributed by atoms with Crippen molar-refractivity contribution >= 4 is 22.8 Å². The number of aromatic nitrogens is 1. The van der Waals surface area contributed by atoms with Gasteiger partial charge in [-0.2, -0.15) is 0 Å². The van der Waals surface area contributed by atoms with Gasteiger partial charge >= 0.3 is 5.97 Å². The number of fused-ring (bicyclic) bond motifs is 2. The van der Waals surface area contributed by atoms with Gasteiger partial charge in [0.15, 0.2) is 0 Å². The summed E-state index contributed by atoms with van der Waals surface area (Å²) < 4.78 is 1.99. The van der Waals surface area contributed by atoms with Crippen molar-refractivity contribution in [2.45, 2.75) is 38.8 Å². The molecule has 5 nitrogen and oxygen atoms in total. The fourth-order valence-corrected chi connectivity index (χ4v) is 4.66. The quantitative estimate of drug-likeness (QED) is 0.943. The molecule has 3 atom stereocenters. The highest BCUT2D eigenvalue weighted by atomic mass is 16.4. The molecular weight excluding hydrogens is 304 g/mol. The van der Waals surface area contributed by atoms with E-state index in [1.54, 1.807) is 4.90 Å². The Morgan fingerprint density at radius 2 is 2.04 bits per heavy atom. The summed E-state index contributed by atoms with van der Waals surface area (Å²) in [4.78, 5) is 26.3. The van der Waals surface area contributed by atoms with Gasteiger partial charge in [-0.15, -0.1) is 0 Å². The van der Waals surface area contributed by atoms with Gasteiger partial charge in [-0.1, -0.05) is 24.6 Å². The number of carboxylic acids is 1. The second kappa shape index (κ2) is 5.65. The SMILES string of the molecule is Cc1cc2ccccc2n1CC(=O)N1CC2CCCC2C1C(=O)O. The lowest BCUT2D eigenvalue weighted by molar-refractivity contribution is -0.149. The zero-order chi connectivity index (χ0) is 16.8. The van der Waals surface area contributed by atoms with Crippen LogP contribution >= 0.6 is 0 Å². The molecule has 0 bridgehead atoms. The van der Waals surface area contributed by atoms with Crippen molar-refractivity contribution in [3.8, 4) is 0 Å². The molecule has 126 valence electrons. The van der Waals surface area contributed by atoms with Crippen molar-refractivity contribution in [1.82, 2.24) is 9.47 Å². The second-order valence-corrected chi connectivity index (χ2v) is 7.11. The fourth-order valence-electron chi connectivity index (χ4n) is 4.66. The number of nitrogens with zero attached hydrogens (tertiary/aromatic N) is 2. The Morgan fingerprint density at radius 1 is 1.25 bits per heavy atom. The minimum absolute atomic E-state index is 0.0822. The van der Waals surface area contributed by atoms with Crippen molar-refractivity contribution in [1.29, 1.82) is 0 Å². The molecule has 1 saturated heterocycles. The summed E-state index contributed by atoms with van der Waals surface area (Å²) in [6, 6.07) is 9.40. The number of amides is 1. The number of para-hydroxylation sites is 1. The molecule has 2 heterocycles. The summed E-state index contributed by atoms with van der Waals surface area (Å²) in [7, 11) is 0. The van der Waals surface area contributed by atoms with E-state index in [9.17, 15) is 14.7 Å². The third kappa shape index (κ3) is 2.30. The molecule has 0 radical (unpaired) electrons. The van der Waals surface area contributed by atoms with Crippen LogP contribution in [0, 0.1) is 18.8 Å². The van der Waals surface area contributed by atoms with E-state index in [4.69, 9.17) is 0 Å². The Labute approximate surface area is 140 Å². The molecule has 1 N–H and O–H groups in total. The van der Waals surface area contributed by atoms with Crippen LogP contribution in [0.25, 0.3) is 10.9 Å². The zero-order valence-electron chi connectivity index (χ0n) is 13.8. The molecule has 1 aromatic carbocycles. The van der Waals surface area contributed by atoms with Gasteiger partial charge in [0.05, 0.1) is 0 Å². The van der Waals surface area contributed by atoms with Crippen molar-refractivity contribution in [3.05, 3.63) is 36.0 Å². The number of hydrogen-bond acceptors (Lipinski definition) is 2. The highest BCUT2D eigenvalue weighted by Crippen LogP contribution is 2.42. The monoisotopic (exact) mass is 326 g/mol. The topological polar surface area (TPSA) is 62.5 Å². The summed E-state index contributed by atoms with van der Waals surface area (Å²) in [6.45, 7) is 2.79. The van der Waals surface area contributed by atoms with Gasteiger partial charge in [-0.25, -0.2) is 4.79 Å². The summed E-state index contributed by atoms with van der Waals surface area (Å²) in [5, 5.41) is 10.7. The number of aryl methyl sites for hydroxylation is 1. The van der Waals surface area contributed by atoms with E-state index in [2.05, 4.69) is 6.07 Å². The van der Waals surface area contributed by atoms with Crippen LogP contribution in [0.3, 0.4) is 0 Å². The Balaban J connectivity index is 1.61. The Hall–Kier alpha value is -2.30. The van der Waals surface area contributed by atoms with E-state index in [0.717, 1.165) is 35.9 Å². The molecule has 2 aliphatic rings. The number of carbonyl (C=O) groups excluding carboxylic acids is 1. The molecule has 1 aliphatic carbocycles. The van der Waals surface area contributed by atoms with Crippen LogP contribution in [-0.4, -0.2) is 39.0 Å². The summed E-state index contributed by atoms with van der Waals surface area (Å²) in [5.41, 5.74) is 2.05. The maximum Gasteiger partial charge on any atom is 0.326 e. The average molecular weight is 326 g/mol. The van der Waals surface area contributed by atoms with Gasteiger partial charge in [-0.05, 0) is 49.1 Å². The molecular formula is C19H22N2O3. The van der Waals surface area contributed by atoms with Crippen molar-refractivity contribution in [3.63, 3.8) is 0 Å². The van der Waals surface area contributed by atoms with Crippen molar-refractivity contribution < 1.29 is 14.7 Å². The number of rotatable bonds is 3. The smallest absolute Gasteiger partial charge is 0.326 e. The minimum atomic E-state index is -0.855. The van der Waals surface area contributed by atoms with Crippen LogP contribution in [0.5, 0.6) is 0 Å². The molecule has 1 aliphatic heterocycles. The van der Waals surface area contributed by atoms with E-state index in [0.29, 0.717) is 12.5 Å². The highest BCUT2D eigenvalue weighted by Gasteiger charge is 2.49. The number of carbonyl (C=O) groups is 2. The van der Waals surface area contributed by atoms with Crippen LogP contribution in [0.2, 0.25) is 0 Å². The molecule has 5 heteroatoms. The lowest BCUT2D eigenvalue weighted by Gasteiger charge is -2.25. The second-order valence-electron chi connectivity index (χ2n) is 7.11. The van der Waals surface area contributed by atoms with Gasteiger partial charge < -0.3 is 14.6 Å². The molecule has 2 aromatic rings. The van der Waals surface area contributed by atoms with Crippen molar-refractivity contribution in [2.75, 3.05) is 6.54 Å². The average Bonchev–Trinajstić information content (AvgIpc) is 3.20. The Bertz CT molecular complexity index is 810. The summed E-state index contributed by atoms with van der Waals surface area (Å²) in [5.74, 6) is -0.445. The maximum absolute atomic E-state index is 12.9. The van der Waals surface area contributed by atoms with Crippen LogP contribution in [0.15, 0.2) is 30.3 Å². The predicted octanol–water partition coefficient (Wildman–Crippen LogP) is 2.66. The van der Waals surface area contributed by atoms with E-state index < -0.39 is 12.0 Å². The number of aliphatic carboxylic acids is 1. The van der Waals surface area contributed by atoms with Gasteiger partial charge in [0.25, 0.3) is 0 Å². The Kier molecular flexibility index (Phi) is 3.59. The van der Waals surface area contributed by atoms with E-state index in [-0.39, 0.29) is 18.4 Å². The first-order chi connectivity index (χ1) is 11.6. The van der Waals surface area contributed by atoms with Crippen LogP contribution in [0.1, 0.15) is 25.0 Å². The molecule has 3 unspecified atom stereocenters. The number of likely N-dealkylation sites (tertiary alicyclic amines) is 1. The lowest BCUT2D eigenvalue weighted by Crippen LogP contribution is -2.44. The van der Waals surface area contributed by atoms with Gasteiger partial charge in [-0.3, -0.25) is 4.79 Å². The van der Waals surface area contributed by atoms with Gasteiger partial charge in [0.2, 0.25) is 5.91 Å². The summed E-state index contributed by atoms with van der Waals surface area (Å²) in [6.07, 6.45) is 3.06. The van der Waals surface area contributed by atoms with Crippen LogP contribution < -0.4 is 0 Å². The van der Waals surface area contributed by atoms with Gasteiger partial charge in [0.1, 0.15) is 12.6 Å². The molecule has 24 heavy (non-hydrogen) atoms. The minimum Gasteiger partial charge on any atom is -0.480 e. The fraction of sp³-hybridized carbons (Fsp3) is 0.474. The van der Waals surface area contributed by atoms with E-state index in [1.165, 1.54) is 0 Å². The maximum atomic E-state index is 12.9. The number of hydrogen-bond donors (Lipinski definition) is 1. The molecule has 0 spiro atoms. The summed E-state index contributed by atoms with van der Waals surface area (Å²) >= 11 is 0. The highest BCUT2D eigenvalue weighted by molar-refractivity contribution is 5.87. The first kappa shape index (κ1) is 15.2. The van der Waals surface area contributed by atoms with Crippen LogP contribution in [0.4, 0.5) is 0 Å². The van der Waals surface area contributed by atoms with E-state index >= 15 is 0 Å². The molecule has 1 saturated carbocycles. The largest absolute Gasteiger partial charge is 0.480 e. The Morgan fingerprint density at radius 3 is 2.83 bits per heavy atom. The zero-order valence-corrected chi connectivity index (χ0v) is 13.8.